The van der Waals surface area contributed by atoms with Crippen molar-refractivity contribution < 1.29 is 17.6 Å². The van der Waals surface area contributed by atoms with E-state index >= 15 is 0 Å². The number of halogens is 1. The smallest absolute Gasteiger partial charge is 0.224 e. The summed E-state index contributed by atoms with van der Waals surface area (Å²) in [6, 6.07) is 5.77. The van der Waals surface area contributed by atoms with Gasteiger partial charge < -0.3 is 5.32 Å². The Morgan fingerprint density at radius 3 is 2.67 bits per heavy atom. The highest BCUT2D eigenvalue weighted by Gasteiger charge is 2.04. The van der Waals surface area contributed by atoms with E-state index in [2.05, 4.69) is 10.0 Å². The van der Waals surface area contributed by atoms with E-state index in [4.69, 9.17) is 0 Å². The van der Waals surface area contributed by atoms with Crippen LogP contribution < -0.4 is 10.0 Å². The van der Waals surface area contributed by atoms with Crippen molar-refractivity contribution in [1.82, 2.24) is 10.0 Å². The van der Waals surface area contributed by atoms with Crippen molar-refractivity contribution in [2.24, 2.45) is 0 Å². The molecule has 0 saturated heterocycles. The minimum Gasteiger partial charge on any atom is -0.355 e. The molecule has 1 rings (SSSR count). The molecule has 0 atom stereocenters. The van der Waals surface area contributed by atoms with Crippen LogP contribution in [0.15, 0.2) is 24.3 Å². The Labute approximate surface area is 105 Å². The Morgan fingerprint density at radius 1 is 1.33 bits per heavy atom. The van der Waals surface area contributed by atoms with Crippen LogP contribution in [0.1, 0.15) is 5.56 Å². The molecule has 1 amide bonds. The fraction of sp³-hybridized carbons (Fsp3) is 0.364. The monoisotopic (exact) mass is 274 g/mol. The predicted octanol–water partition coefficient (Wildman–Crippen LogP) is 0.0336. The van der Waals surface area contributed by atoms with Crippen molar-refractivity contribution in [2.45, 2.75) is 6.42 Å². The van der Waals surface area contributed by atoms with Crippen molar-refractivity contribution in [3.8, 4) is 0 Å². The summed E-state index contributed by atoms with van der Waals surface area (Å²) in [6.07, 6.45) is 1.11. The first kappa shape index (κ1) is 14.6. The van der Waals surface area contributed by atoms with Crippen molar-refractivity contribution in [3.05, 3.63) is 35.6 Å². The number of carbonyl (C=O) groups excluding carboxylic acids is 1. The third-order valence-corrected chi connectivity index (χ3v) is 2.79. The molecule has 7 heteroatoms. The first-order chi connectivity index (χ1) is 8.37. The topological polar surface area (TPSA) is 75.3 Å². The van der Waals surface area contributed by atoms with Crippen LogP contribution in [-0.2, 0) is 21.2 Å². The Balaban J connectivity index is 2.30. The molecule has 0 aromatic heterocycles. The van der Waals surface area contributed by atoms with Crippen LogP contribution in [0.2, 0.25) is 0 Å². The largest absolute Gasteiger partial charge is 0.355 e. The third kappa shape index (κ3) is 6.31. The normalized spacial score (nSPS) is 11.2. The zero-order valence-corrected chi connectivity index (χ0v) is 10.8. The van der Waals surface area contributed by atoms with E-state index in [9.17, 15) is 17.6 Å². The minimum absolute atomic E-state index is 0.0661. The average Bonchev–Trinajstić information content (AvgIpc) is 2.23. The quantitative estimate of drug-likeness (QED) is 0.719. The molecule has 0 aliphatic heterocycles. The summed E-state index contributed by atoms with van der Waals surface area (Å²) in [4.78, 5) is 11.4. The van der Waals surface area contributed by atoms with Gasteiger partial charge in [0.25, 0.3) is 0 Å². The number of rotatable bonds is 6. The number of amides is 1. The molecular weight excluding hydrogens is 259 g/mol. The highest BCUT2D eigenvalue weighted by molar-refractivity contribution is 7.88. The molecule has 1 aromatic rings. The summed E-state index contributed by atoms with van der Waals surface area (Å²) >= 11 is 0. The number of hydrogen-bond donors (Lipinski definition) is 2. The summed E-state index contributed by atoms with van der Waals surface area (Å²) in [5.41, 5.74) is 0.573. The SMILES string of the molecule is CS(=O)(=O)NCCNC(=O)Cc1cccc(F)c1. The van der Waals surface area contributed by atoms with Crippen LogP contribution in [0.4, 0.5) is 4.39 Å². The van der Waals surface area contributed by atoms with Gasteiger partial charge in [-0.05, 0) is 17.7 Å². The van der Waals surface area contributed by atoms with Crippen LogP contribution in [0.25, 0.3) is 0 Å². The maximum atomic E-state index is 12.8. The first-order valence-electron chi connectivity index (χ1n) is 5.32. The highest BCUT2D eigenvalue weighted by atomic mass is 32.2. The lowest BCUT2D eigenvalue weighted by atomic mass is 10.1. The van der Waals surface area contributed by atoms with Gasteiger partial charge in [-0.25, -0.2) is 17.5 Å². The van der Waals surface area contributed by atoms with Crippen molar-refractivity contribution in [2.75, 3.05) is 19.3 Å². The molecule has 0 saturated carbocycles. The van der Waals surface area contributed by atoms with Gasteiger partial charge in [0.2, 0.25) is 15.9 Å². The van der Waals surface area contributed by atoms with Gasteiger partial charge >= 0.3 is 0 Å². The van der Waals surface area contributed by atoms with Crippen molar-refractivity contribution >= 4 is 15.9 Å². The summed E-state index contributed by atoms with van der Waals surface area (Å²) in [7, 11) is -3.24. The van der Waals surface area contributed by atoms with Crippen LogP contribution in [0.3, 0.4) is 0 Å². The Morgan fingerprint density at radius 2 is 2.06 bits per heavy atom. The molecule has 0 heterocycles. The summed E-state index contributed by atoms with van der Waals surface area (Å²) in [5, 5.41) is 2.53. The average molecular weight is 274 g/mol. The molecule has 0 bridgehead atoms. The lowest BCUT2D eigenvalue weighted by Crippen LogP contribution is -2.34. The van der Waals surface area contributed by atoms with Crippen molar-refractivity contribution in [1.29, 1.82) is 0 Å². The summed E-state index contributed by atoms with van der Waals surface area (Å²) < 4.78 is 36.6. The second kappa shape index (κ2) is 6.46. The fourth-order valence-electron chi connectivity index (χ4n) is 1.33. The highest BCUT2D eigenvalue weighted by Crippen LogP contribution is 2.03. The fourth-order valence-corrected chi connectivity index (χ4v) is 1.81. The van der Waals surface area contributed by atoms with Gasteiger partial charge in [-0.1, -0.05) is 12.1 Å². The van der Waals surface area contributed by atoms with Crippen molar-refractivity contribution in [3.63, 3.8) is 0 Å². The molecule has 1 aromatic carbocycles. The molecule has 0 aliphatic carbocycles. The number of hydrogen-bond acceptors (Lipinski definition) is 3. The predicted molar refractivity (Wildman–Crippen MR) is 66.0 cm³/mol. The van der Waals surface area contributed by atoms with Crippen LogP contribution in [0, 0.1) is 5.82 Å². The van der Waals surface area contributed by atoms with Gasteiger partial charge in [0, 0.05) is 13.1 Å². The Kier molecular flexibility index (Phi) is 5.24. The van der Waals surface area contributed by atoms with Gasteiger partial charge in [-0.15, -0.1) is 0 Å². The molecule has 0 aliphatic rings. The number of nitrogens with one attached hydrogen (secondary N) is 2. The van der Waals surface area contributed by atoms with E-state index in [1.807, 2.05) is 0 Å². The van der Waals surface area contributed by atoms with E-state index in [-0.39, 0.29) is 31.2 Å². The zero-order valence-electron chi connectivity index (χ0n) is 9.94. The second-order valence-electron chi connectivity index (χ2n) is 3.82. The van der Waals surface area contributed by atoms with E-state index in [1.54, 1.807) is 6.07 Å². The summed E-state index contributed by atoms with van der Waals surface area (Å²) in [6.45, 7) is 0.328. The molecule has 0 spiro atoms. The first-order valence-corrected chi connectivity index (χ1v) is 7.22. The molecule has 18 heavy (non-hydrogen) atoms. The third-order valence-electron chi connectivity index (χ3n) is 2.07. The lowest BCUT2D eigenvalue weighted by Gasteiger charge is -2.05. The van der Waals surface area contributed by atoms with Gasteiger partial charge in [-0.2, -0.15) is 0 Å². The van der Waals surface area contributed by atoms with E-state index in [0.717, 1.165) is 6.26 Å². The molecule has 0 radical (unpaired) electrons. The van der Waals surface area contributed by atoms with Gasteiger partial charge in [0.1, 0.15) is 5.82 Å². The van der Waals surface area contributed by atoms with Gasteiger partial charge in [0.05, 0.1) is 12.7 Å². The lowest BCUT2D eigenvalue weighted by molar-refractivity contribution is -0.120. The van der Waals surface area contributed by atoms with Crippen LogP contribution in [-0.4, -0.2) is 33.7 Å². The van der Waals surface area contributed by atoms with Crippen LogP contribution >= 0.6 is 0 Å². The van der Waals surface area contributed by atoms with Gasteiger partial charge in [0.15, 0.2) is 0 Å². The molecule has 0 fully saturated rings. The zero-order chi connectivity index (χ0) is 13.6. The van der Waals surface area contributed by atoms with E-state index in [1.165, 1.54) is 18.2 Å². The molecule has 5 nitrogen and oxygen atoms in total. The molecule has 0 unspecified atom stereocenters. The maximum Gasteiger partial charge on any atom is 0.224 e. The number of sulfonamides is 1. The molecule has 100 valence electrons. The Bertz CT molecular complexity index is 517. The minimum atomic E-state index is -3.24. The summed E-state index contributed by atoms with van der Waals surface area (Å²) in [5.74, 6) is -0.671. The maximum absolute atomic E-state index is 12.8. The van der Waals surface area contributed by atoms with Crippen LogP contribution in [0.5, 0.6) is 0 Å². The van der Waals surface area contributed by atoms with E-state index < -0.39 is 10.0 Å². The second-order valence-corrected chi connectivity index (χ2v) is 5.66. The molecular formula is C11H15FN2O3S. The number of benzene rings is 1. The Hall–Kier alpha value is -1.47. The van der Waals surface area contributed by atoms with E-state index in [0.29, 0.717) is 5.56 Å². The van der Waals surface area contributed by atoms with Gasteiger partial charge in [-0.3, -0.25) is 4.79 Å². The molecule has 2 N–H and O–H groups in total. The number of carbonyl (C=O) groups is 1. The standard InChI is InChI=1S/C11H15FN2O3S/c1-18(16,17)14-6-5-13-11(15)8-9-3-2-4-10(12)7-9/h2-4,7,14H,5-6,8H2,1H3,(H,13,15).